The van der Waals surface area contributed by atoms with Crippen LogP contribution in [0.15, 0.2) is 103 Å². The Labute approximate surface area is 206 Å². The number of carbonyl (C=O) groups excluding carboxylic acids is 1. The molecule has 7 heteroatoms. The lowest BCUT2D eigenvalue weighted by Crippen LogP contribution is -2.29. The number of para-hydroxylation sites is 1. The quantitative estimate of drug-likeness (QED) is 0.207. The van der Waals surface area contributed by atoms with E-state index in [9.17, 15) is 4.79 Å². The molecule has 7 nitrogen and oxygen atoms in total. The number of carbonyl (C=O) groups is 1. The molecule has 1 aromatic heterocycles. The van der Waals surface area contributed by atoms with Crippen LogP contribution in [-0.4, -0.2) is 33.9 Å². The van der Waals surface area contributed by atoms with Crippen molar-refractivity contribution in [1.29, 1.82) is 0 Å². The third-order valence-corrected chi connectivity index (χ3v) is 5.47. The fraction of sp³-hybridized carbons (Fsp3) is 0.179. The SMILES string of the molecule is O=C(NNc1ccccc1)c1ccc(CN(CCCNc2ncccn2)Cc2ccccc2)cc1. The summed E-state index contributed by atoms with van der Waals surface area (Å²) in [5, 5.41) is 3.27. The molecule has 0 aliphatic carbocycles. The molecular weight excluding hydrogens is 436 g/mol. The number of hydrazine groups is 1. The highest BCUT2D eigenvalue weighted by Crippen LogP contribution is 2.13. The van der Waals surface area contributed by atoms with Gasteiger partial charge in [-0.1, -0.05) is 60.7 Å². The van der Waals surface area contributed by atoms with Crippen molar-refractivity contribution >= 4 is 17.5 Å². The van der Waals surface area contributed by atoms with Gasteiger partial charge in [-0.25, -0.2) is 9.97 Å². The van der Waals surface area contributed by atoms with Crippen molar-refractivity contribution in [2.75, 3.05) is 23.8 Å². The summed E-state index contributed by atoms with van der Waals surface area (Å²) in [4.78, 5) is 23.3. The standard InChI is InChI=1S/C28H30N6O/c35-27(33-32-26-11-5-2-6-12-26)25-15-13-24(14-16-25)22-34(21-23-9-3-1-4-10-23)20-8-19-31-28-29-17-7-18-30-28/h1-7,9-18,32H,8,19-22H2,(H,33,35)(H,29,30,31). The average molecular weight is 467 g/mol. The van der Waals surface area contributed by atoms with Gasteiger partial charge in [0.2, 0.25) is 5.95 Å². The Balaban J connectivity index is 1.32. The zero-order valence-corrected chi connectivity index (χ0v) is 19.6. The van der Waals surface area contributed by atoms with E-state index in [1.165, 1.54) is 5.56 Å². The number of anilines is 2. The second kappa shape index (κ2) is 12.9. The lowest BCUT2D eigenvalue weighted by molar-refractivity contribution is 0.0962. The highest BCUT2D eigenvalue weighted by molar-refractivity contribution is 5.94. The van der Waals surface area contributed by atoms with Crippen LogP contribution in [-0.2, 0) is 13.1 Å². The highest BCUT2D eigenvalue weighted by atomic mass is 16.2. The molecular formula is C28H30N6O. The van der Waals surface area contributed by atoms with Gasteiger partial charge in [-0.3, -0.25) is 20.5 Å². The molecule has 0 atom stereocenters. The van der Waals surface area contributed by atoms with E-state index >= 15 is 0 Å². The summed E-state index contributed by atoms with van der Waals surface area (Å²) in [5.74, 6) is 0.480. The van der Waals surface area contributed by atoms with Crippen LogP contribution in [0.1, 0.15) is 27.9 Å². The molecule has 3 aromatic carbocycles. The monoisotopic (exact) mass is 466 g/mol. The first-order valence-corrected chi connectivity index (χ1v) is 11.7. The summed E-state index contributed by atoms with van der Waals surface area (Å²) in [6.45, 7) is 3.35. The highest BCUT2D eigenvalue weighted by Gasteiger charge is 2.10. The van der Waals surface area contributed by atoms with Crippen LogP contribution in [0, 0.1) is 0 Å². The molecule has 0 radical (unpaired) electrons. The molecule has 0 bridgehead atoms. The number of amides is 1. The lowest BCUT2D eigenvalue weighted by Gasteiger charge is -2.23. The first-order chi connectivity index (χ1) is 17.3. The van der Waals surface area contributed by atoms with Crippen molar-refractivity contribution < 1.29 is 4.79 Å². The van der Waals surface area contributed by atoms with Crippen molar-refractivity contribution in [3.05, 3.63) is 120 Å². The van der Waals surface area contributed by atoms with Gasteiger partial charge >= 0.3 is 0 Å². The van der Waals surface area contributed by atoms with Crippen LogP contribution in [0.5, 0.6) is 0 Å². The molecule has 0 unspecified atom stereocenters. The van der Waals surface area contributed by atoms with Gasteiger partial charge < -0.3 is 5.32 Å². The summed E-state index contributed by atoms with van der Waals surface area (Å²) in [5.41, 5.74) is 9.55. The third-order valence-electron chi connectivity index (χ3n) is 5.47. The minimum atomic E-state index is -0.171. The molecule has 0 saturated heterocycles. The zero-order valence-electron chi connectivity index (χ0n) is 19.6. The van der Waals surface area contributed by atoms with Gasteiger partial charge in [-0.05, 0) is 47.9 Å². The van der Waals surface area contributed by atoms with E-state index in [1.807, 2.05) is 66.7 Å². The molecule has 0 spiro atoms. The Bertz CT molecular complexity index is 1150. The van der Waals surface area contributed by atoms with Crippen LogP contribution in [0.2, 0.25) is 0 Å². The van der Waals surface area contributed by atoms with Crippen molar-refractivity contribution in [1.82, 2.24) is 20.3 Å². The van der Waals surface area contributed by atoms with Crippen molar-refractivity contribution in [3.63, 3.8) is 0 Å². The first kappa shape index (κ1) is 23.9. The van der Waals surface area contributed by atoms with Crippen LogP contribution < -0.4 is 16.2 Å². The van der Waals surface area contributed by atoms with E-state index in [0.29, 0.717) is 11.5 Å². The third kappa shape index (κ3) is 7.94. The summed E-state index contributed by atoms with van der Waals surface area (Å²) in [6, 6.07) is 29.6. The van der Waals surface area contributed by atoms with Crippen LogP contribution in [0.25, 0.3) is 0 Å². The molecule has 3 N–H and O–H groups in total. The maximum atomic E-state index is 12.5. The molecule has 178 valence electrons. The minimum absolute atomic E-state index is 0.171. The van der Waals surface area contributed by atoms with Gasteiger partial charge in [-0.15, -0.1) is 0 Å². The number of nitrogens with zero attached hydrogens (tertiary/aromatic N) is 3. The topological polar surface area (TPSA) is 82.2 Å². The van der Waals surface area contributed by atoms with Gasteiger partial charge in [0.25, 0.3) is 5.91 Å². The fourth-order valence-electron chi connectivity index (χ4n) is 3.69. The molecule has 35 heavy (non-hydrogen) atoms. The van der Waals surface area contributed by atoms with Crippen LogP contribution in [0.4, 0.5) is 11.6 Å². The Morgan fingerprint density at radius 1 is 0.743 bits per heavy atom. The average Bonchev–Trinajstić information content (AvgIpc) is 2.92. The predicted molar refractivity (Wildman–Crippen MR) is 140 cm³/mol. The largest absolute Gasteiger partial charge is 0.354 e. The van der Waals surface area contributed by atoms with Crippen molar-refractivity contribution in [2.24, 2.45) is 0 Å². The number of hydrogen-bond acceptors (Lipinski definition) is 6. The summed E-state index contributed by atoms with van der Waals surface area (Å²) >= 11 is 0. The Kier molecular flexibility index (Phi) is 8.79. The van der Waals surface area contributed by atoms with Gasteiger partial charge in [0.05, 0.1) is 5.69 Å². The van der Waals surface area contributed by atoms with Gasteiger partial charge in [0.1, 0.15) is 0 Å². The van der Waals surface area contributed by atoms with Crippen LogP contribution in [0.3, 0.4) is 0 Å². The lowest BCUT2D eigenvalue weighted by atomic mass is 10.1. The number of aromatic nitrogens is 2. The summed E-state index contributed by atoms with van der Waals surface area (Å²) in [7, 11) is 0. The molecule has 0 fully saturated rings. The Morgan fingerprint density at radius 3 is 2.06 bits per heavy atom. The second-order valence-corrected chi connectivity index (χ2v) is 8.19. The first-order valence-electron chi connectivity index (χ1n) is 11.7. The predicted octanol–water partition coefficient (Wildman–Crippen LogP) is 4.74. The fourth-order valence-corrected chi connectivity index (χ4v) is 3.69. The number of benzene rings is 3. The minimum Gasteiger partial charge on any atom is -0.354 e. The van der Waals surface area contributed by atoms with Crippen LogP contribution >= 0.6 is 0 Å². The molecule has 4 aromatic rings. The molecule has 0 saturated carbocycles. The molecule has 1 amide bonds. The van der Waals surface area contributed by atoms with Gasteiger partial charge in [0.15, 0.2) is 0 Å². The number of nitrogens with one attached hydrogen (secondary N) is 3. The number of hydrogen-bond donors (Lipinski definition) is 3. The summed E-state index contributed by atoms with van der Waals surface area (Å²) < 4.78 is 0. The van der Waals surface area contributed by atoms with E-state index < -0.39 is 0 Å². The molecule has 4 rings (SSSR count). The van der Waals surface area contributed by atoms with E-state index in [-0.39, 0.29) is 5.91 Å². The maximum absolute atomic E-state index is 12.5. The van der Waals surface area contributed by atoms with Gasteiger partial charge in [0, 0.05) is 44.1 Å². The van der Waals surface area contributed by atoms with Crippen molar-refractivity contribution in [3.8, 4) is 0 Å². The molecule has 0 aliphatic heterocycles. The van der Waals surface area contributed by atoms with E-state index in [1.54, 1.807) is 12.4 Å². The smallest absolute Gasteiger partial charge is 0.269 e. The number of rotatable bonds is 12. The Hall–Kier alpha value is -4.23. The van der Waals surface area contributed by atoms with Crippen molar-refractivity contribution in [2.45, 2.75) is 19.5 Å². The second-order valence-electron chi connectivity index (χ2n) is 8.19. The normalized spacial score (nSPS) is 10.7. The molecule has 0 aliphatic rings. The van der Waals surface area contributed by atoms with Gasteiger partial charge in [-0.2, -0.15) is 0 Å². The maximum Gasteiger partial charge on any atom is 0.269 e. The summed E-state index contributed by atoms with van der Waals surface area (Å²) in [6.07, 6.45) is 4.42. The van der Waals surface area contributed by atoms with E-state index in [4.69, 9.17) is 0 Å². The zero-order chi connectivity index (χ0) is 24.1. The molecule has 1 heterocycles. The van der Waals surface area contributed by atoms with E-state index in [0.717, 1.165) is 43.9 Å². The van der Waals surface area contributed by atoms with E-state index in [2.05, 4.69) is 55.3 Å². The Morgan fingerprint density at radius 2 is 1.37 bits per heavy atom.